The Morgan fingerprint density at radius 2 is 1.89 bits per heavy atom. The van der Waals surface area contributed by atoms with Gasteiger partial charge in [0.2, 0.25) is 5.91 Å². The Morgan fingerprint density at radius 1 is 1.14 bits per heavy atom. The van der Waals surface area contributed by atoms with E-state index in [9.17, 15) is 9.59 Å². The number of carbonyl (C=O) groups excluding carboxylic acids is 2. The summed E-state index contributed by atoms with van der Waals surface area (Å²) in [6.45, 7) is 4.69. The van der Waals surface area contributed by atoms with E-state index in [0.29, 0.717) is 31.7 Å². The average molecular weight is 385 g/mol. The van der Waals surface area contributed by atoms with Crippen LogP contribution in [-0.4, -0.2) is 35.3 Å². The van der Waals surface area contributed by atoms with Gasteiger partial charge in [-0.2, -0.15) is 0 Å². The maximum atomic E-state index is 12.9. The Bertz CT molecular complexity index is 791. The van der Waals surface area contributed by atoms with Crippen LogP contribution in [0.5, 0.6) is 0 Å². The van der Waals surface area contributed by atoms with Gasteiger partial charge in [0, 0.05) is 18.0 Å². The van der Waals surface area contributed by atoms with E-state index in [4.69, 9.17) is 11.5 Å². The number of aromatic nitrogens is 1. The molecule has 0 saturated carbocycles. The number of nitrogens with two attached hydrogens (primary N) is 2. The Balaban J connectivity index is 2.07. The molecule has 0 bridgehead atoms. The molecule has 0 unspecified atom stereocenters. The highest BCUT2D eigenvalue weighted by atomic mass is 16.2. The molecule has 1 aromatic carbocycles. The molecule has 28 heavy (non-hydrogen) atoms. The first kappa shape index (κ1) is 22.0. The van der Waals surface area contributed by atoms with Gasteiger partial charge < -0.3 is 16.8 Å². The van der Waals surface area contributed by atoms with Crippen LogP contribution in [0.2, 0.25) is 0 Å². The van der Waals surface area contributed by atoms with Gasteiger partial charge in [-0.25, -0.2) is 0 Å². The Kier molecular flexibility index (Phi) is 8.54. The molecule has 0 radical (unpaired) electrons. The van der Waals surface area contributed by atoms with Gasteiger partial charge in [0.05, 0.1) is 17.6 Å². The lowest BCUT2D eigenvalue weighted by Gasteiger charge is -2.21. The first-order valence-corrected chi connectivity index (χ1v) is 10.0. The Labute approximate surface area is 167 Å². The number of ketones is 1. The first-order chi connectivity index (χ1) is 13.4. The zero-order valence-corrected chi connectivity index (χ0v) is 16.9. The molecule has 0 fully saturated rings. The van der Waals surface area contributed by atoms with Crippen molar-refractivity contribution >= 4 is 22.6 Å². The van der Waals surface area contributed by atoms with E-state index in [1.54, 1.807) is 6.20 Å². The van der Waals surface area contributed by atoms with Gasteiger partial charge in [-0.1, -0.05) is 32.0 Å². The fourth-order valence-corrected chi connectivity index (χ4v) is 3.10. The number of fused-ring (bicyclic) bond motifs is 1. The zero-order chi connectivity index (χ0) is 20.5. The van der Waals surface area contributed by atoms with E-state index < -0.39 is 12.1 Å². The largest absolute Gasteiger partial charge is 0.345 e. The smallest absolute Gasteiger partial charge is 0.237 e. The minimum Gasteiger partial charge on any atom is -0.345 e. The molecule has 0 spiro atoms. The number of hydrogen-bond acceptors (Lipinski definition) is 5. The molecule has 5 N–H and O–H groups in total. The molecule has 6 heteroatoms. The van der Waals surface area contributed by atoms with Crippen molar-refractivity contribution in [2.75, 3.05) is 6.54 Å². The van der Waals surface area contributed by atoms with Gasteiger partial charge >= 0.3 is 0 Å². The lowest BCUT2D eigenvalue weighted by molar-refractivity contribution is -0.128. The number of hydrogen-bond donors (Lipinski definition) is 3. The third-order valence-electron chi connectivity index (χ3n) is 4.82. The maximum absolute atomic E-state index is 12.9. The molecular weight excluding hydrogens is 352 g/mol. The number of nitrogens with zero attached hydrogens (tertiary/aromatic N) is 1. The molecule has 0 saturated heterocycles. The van der Waals surface area contributed by atoms with Gasteiger partial charge in [0.25, 0.3) is 0 Å². The monoisotopic (exact) mass is 384 g/mol. The van der Waals surface area contributed by atoms with E-state index in [1.807, 2.05) is 30.3 Å². The molecule has 2 atom stereocenters. The van der Waals surface area contributed by atoms with Crippen molar-refractivity contribution < 1.29 is 9.59 Å². The van der Waals surface area contributed by atoms with Gasteiger partial charge in [-0.15, -0.1) is 0 Å². The standard InChI is InChI=1S/C22H32N4O2/c1-15(2)9-10-20(26-22(28)18(24)7-5-11-23)21(27)13-16-12-17-6-3-4-8-19(17)25-14-16/h3-4,6,8,12,14-15,18,20H,5,7,9-11,13,23-24H2,1-2H3,(H,26,28)/t18-,20+/m0/s1. The van der Waals surface area contributed by atoms with E-state index >= 15 is 0 Å². The lowest BCUT2D eigenvalue weighted by atomic mass is 9.96. The Hall–Kier alpha value is -2.31. The molecule has 1 heterocycles. The van der Waals surface area contributed by atoms with Crippen LogP contribution < -0.4 is 16.8 Å². The SMILES string of the molecule is CC(C)CC[C@@H](NC(=O)[C@@H](N)CCCN)C(=O)Cc1cnc2ccccc2c1. The fraction of sp³-hybridized carbons (Fsp3) is 0.500. The summed E-state index contributed by atoms with van der Waals surface area (Å²) in [6.07, 6.45) is 4.62. The first-order valence-electron chi connectivity index (χ1n) is 10.0. The average Bonchev–Trinajstić information content (AvgIpc) is 2.68. The molecule has 0 aliphatic carbocycles. The summed E-state index contributed by atoms with van der Waals surface area (Å²) in [5, 5.41) is 3.86. The number of benzene rings is 1. The van der Waals surface area contributed by atoms with Crippen LogP contribution in [0.1, 0.15) is 45.1 Å². The highest BCUT2D eigenvalue weighted by Gasteiger charge is 2.24. The molecule has 0 aliphatic heterocycles. The zero-order valence-electron chi connectivity index (χ0n) is 16.9. The van der Waals surface area contributed by atoms with Crippen LogP contribution >= 0.6 is 0 Å². The highest BCUT2D eigenvalue weighted by molar-refractivity contribution is 5.92. The Morgan fingerprint density at radius 3 is 2.61 bits per heavy atom. The number of para-hydroxylation sites is 1. The maximum Gasteiger partial charge on any atom is 0.237 e. The highest BCUT2D eigenvalue weighted by Crippen LogP contribution is 2.15. The van der Waals surface area contributed by atoms with E-state index in [1.165, 1.54) is 0 Å². The van der Waals surface area contributed by atoms with E-state index in [2.05, 4.69) is 24.1 Å². The van der Waals surface area contributed by atoms with Gasteiger partial charge in [-0.3, -0.25) is 14.6 Å². The second kappa shape index (κ2) is 10.9. The summed E-state index contributed by atoms with van der Waals surface area (Å²) in [4.78, 5) is 29.7. The summed E-state index contributed by atoms with van der Waals surface area (Å²) in [5.41, 5.74) is 13.2. The molecule has 1 amide bonds. The van der Waals surface area contributed by atoms with E-state index in [-0.39, 0.29) is 18.1 Å². The summed E-state index contributed by atoms with van der Waals surface area (Å²) in [6, 6.07) is 8.61. The second-order valence-corrected chi connectivity index (χ2v) is 7.75. The number of carbonyl (C=O) groups is 2. The van der Waals surface area contributed by atoms with Gasteiger partial charge in [0.1, 0.15) is 0 Å². The van der Waals surface area contributed by atoms with Crippen molar-refractivity contribution in [3.05, 3.63) is 42.1 Å². The van der Waals surface area contributed by atoms with Crippen LogP contribution in [0, 0.1) is 5.92 Å². The molecule has 6 nitrogen and oxygen atoms in total. The fourth-order valence-electron chi connectivity index (χ4n) is 3.10. The second-order valence-electron chi connectivity index (χ2n) is 7.75. The van der Waals surface area contributed by atoms with Crippen molar-refractivity contribution in [3.8, 4) is 0 Å². The molecule has 2 rings (SSSR count). The summed E-state index contributed by atoms with van der Waals surface area (Å²) in [7, 11) is 0. The number of amides is 1. The summed E-state index contributed by atoms with van der Waals surface area (Å²) >= 11 is 0. The number of pyridine rings is 1. The third-order valence-corrected chi connectivity index (χ3v) is 4.82. The van der Waals surface area contributed by atoms with Crippen molar-refractivity contribution in [1.82, 2.24) is 10.3 Å². The summed E-state index contributed by atoms with van der Waals surface area (Å²) < 4.78 is 0. The minimum absolute atomic E-state index is 0.0166. The topological polar surface area (TPSA) is 111 Å². The van der Waals surface area contributed by atoms with Crippen LogP contribution in [-0.2, 0) is 16.0 Å². The van der Waals surface area contributed by atoms with Gasteiger partial charge in [0.15, 0.2) is 5.78 Å². The van der Waals surface area contributed by atoms with Crippen molar-refractivity contribution in [2.24, 2.45) is 17.4 Å². The number of rotatable bonds is 11. The molecule has 2 aromatic rings. The summed E-state index contributed by atoms with van der Waals surface area (Å²) in [5.74, 6) is 0.143. The van der Waals surface area contributed by atoms with Crippen LogP contribution in [0.4, 0.5) is 0 Å². The molecule has 1 aromatic heterocycles. The van der Waals surface area contributed by atoms with Crippen molar-refractivity contribution in [3.63, 3.8) is 0 Å². The van der Waals surface area contributed by atoms with Crippen LogP contribution in [0.25, 0.3) is 10.9 Å². The van der Waals surface area contributed by atoms with Crippen LogP contribution in [0.3, 0.4) is 0 Å². The molecule has 0 aliphatic rings. The van der Waals surface area contributed by atoms with Gasteiger partial charge in [-0.05, 0) is 55.8 Å². The van der Waals surface area contributed by atoms with Crippen molar-refractivity contribution in [1.29, 1.82) is 0 Å². The lowest BCUT2D eigenvalue weighted by Crippen LogP contribution is -2.49. The minimum atomic E-state index is -0.639. The molecule has 152 valence electrons. The molecular formula is C22H32N4O2. The third kappa shape index (κ3) is 6.69. The van der Waals surface area contributed by atoms with Crippen molar-refractivity contribution in [2.45, 2.75) is 58.0 Å². The van der Waals surface area contributed by atoms with E-state index in [0.717, 1.165) is 22.9 Å². The predicted octanol–water partition coefficient (Wildman–Crippen LogP) is 2.33. The normalized spacial score (nSPS) is 13.5. The number of nitrogens with one attached hydrogen (secondary N) is 1. The number of Topliss-reactive ketones (excluding diaryl/α,β-unsaturated/α-hetero) is 1. The van der Waals surface area contributed by atoms with Crippen LogP contribution in [0.15, 0.2) is 36.5 Å². The predicted molar refractivity (Wildman–Crippen MR) is 113 cm³/mol. The quantitative estimate of drug-likeness (QED) is 0.551.